The van der Waals surface area contributed by atoms with Gasteiger partial charge in [-0.1, -0.05) is 36.4 Å². The third kappa shape index (κ3) is 4.92. The summed E-state index contributed by atoms with van der Waals surface area (Å²) in [5, 5.41) is 4.53. The molecule has 3 aromatic carbocycles. The minimum atomic E-state index is -0.456. The third-order valence-corrected chi connectivity index (χ3v) is 4.37. The first-order valence-corrected chi connectivity index (χ1v) is 8.90. The maximum absolute atomic E-state index is 11.3. The number of nitrogens with zero attached hydrogens (tertiary/aromatic N) is 2. The van der Waals surface area contributed by atoms with Crippen LogP contribution in [0.5, 0.6) is 11.5 Å². The molecule has 0 bridgehead atoms. The Labute approximate surface area is 174 Å². The highest BCUT2D eigenvalue weighted by Crippen LogP contribution is 2.29. The lowest BCUT2D eigenvalue weighted by molar-refractivity contribution is 0.256. The first-order chi connectivity index (χ1) is 13.7. The van der Waals surface area contributed by atoms with Crippen LogP contribution in [-0.4, -0.2) is 13.1 Å². The molecule has 0 fully saturated rings. The van der Waals surface area contributed by atoms with E-state index >= 15 is 0 Å². The fourth-order valence-electron chi connectivity index (χ4n) is 2.93. The summed E-state index contributed by atoms with van der Waals surface area (Å²) in [5.41, 5.74) is 3.01. The van der Waals surface area contributed by atoms with Crippen molar-refractivity contribution in [1.29, 1.82) is 0 Å². The Balaban J connectivity index is 0.00000240. The Morgan fingerprint density at radius 2 is 1.66 bits per heavy atom. The second-order valence-electron chi connectivity index (χ2n) is 6.32. The van der Waals surface area contributed by atoms with Crippen LogP contribution in [0.15, 0.2) is 76.7 Å². The number of anilines is 1. The number of rotatable bonds is 7. The smallest absolute Gasteiger partial charge is 0.368 e. The highest BCUT2D eigenvalue weighted by molar-refractivity contribution is 5.85. The zero-order valence-electron chi connectivity index (χ0n) is 15.8. The summed E-state index contributed by atoms with van der Waals surface area (Å²) in [5.74, 6) is 1.38. The molecule has 0 aliphatic carbocycles. The zero-order valence-corrected chi connectivity index (χ0v) is 16.6. The van der Waals surface area contributed by atoms with Gasteiger partial charge in [0.25, 0.3) is 0 Å². The van der Waals surface area contributed by atoms with Crippen LogP contribution < -0.4 is 25.5 Å². The number of hydrogen-bond acceptors (Lipinski definition) is 4. The van der Waals surface area contributed by atoms with E-state index in [2.05, 4.69) is 15.3 Å². The number of benzene rings is 3. The number of halogens is 1. The summed E-state index contributed by atoms with van der Waals surface area (Å²) in [7, 11) is 1.63. The lowest BCUT2D eigenvalue weighted by Crippen LogP contribution is -2.21. The molecular weight excluding hydrogens is 390 g/mol. The third-order valence-electron chi connectivity index (χ3n) is 4.37. The predicted molar refractivity (Wildman–Crippen MR) is 112 cm³/mol. The highest BCUT2D eigenvalue weighted by atomic mass is 35.5. The molecule has 0 spiro atoms. The summed E-state index contributed by atoms with van der Waals surface area (Å²) < 4.78 is 11.4. The SMILES string of the molecule is COc1cc(CNc2ccc3c(c2)=NC(=O)N=3)ccc1OCc1ccccc1.Cl. The van der Waals surface area contributed by atoms with Crippen LogP contribution in [0.1, 0.15) is 11.1 Å². The van der Waals surface area contributed by atoms with Crippen LogP contribution >= 0.6 is 12.4 Å². The Morgan fingerprint density at radius 3 is 2.45 bits per heavy atom. The molecule has 1 aliphatic heterocycles. The largest absolute Gasteiger partial charge is 0.493 e. The van der Waals surface area contributed by atoms with Crippen molar-refractivity contribution in [3.05, 3.63) is 88.6 Å². The van der Waals surface area contributed by atoms with E-state index in [1.165, 1.54) is 0 Å². The Hall–Kier alpha value is -3.38. The lowest BCUT2D eigenvalue weighted by Gasteiger charge is -2.13. The molecule has 1 aliphatic rings. The molecule has 1 heterocycles. The molecular formula is C22H20ClN3O3. The maximum atomic E-state index is 11.3. The fraction of sp³-hybridized carbons (Fsp3) is 0.136. The minimum Gasteiger partial charge on any atom is -0.493 e. The molecule has 2 amide bonds. The number of carbonyl (C=O) groups excluding carboxylic acids is 1. The molecule has 0 saturated carbocycles. The van der Waals surface area contributed by atoms with Crippen molar-refractivity contribution >= 4 is 24.1 Å². The van der Waals surface area contributed by atoms with Gasteiger partial charge < -0.3 is 14.8 Å². The van der Waals surface area contributed by atoms with Crippen molar-refractivity contribution < 1.29 is 14.3 Å². The molecule has 3 aromatic rings. The average molecular weight is 410 g/mol. The van der Waals surface area contributed by atoms with Gasteiger partial charge in [-0.25, -0.2) is 4.79 Å². The molecule has 29 heavy (non-hydrogen) atoms. The van der Waals surface area contributed by atoms with Crippen molar-refractivity contribution in [2.24, 2.45) is 9.98 Å². The van der Waals surface area contributed by atoms with Gasteiger partial charge in [-0.05, 0) is 41.5 Å². The summed E-state index contributed by atoms with van der Waals surface area (Å²) in [4.78, 5) is 18.9. The van der Waals surface area contributed by atoms with Gasteiger partial charge in [-0.3, -0.25) is 0 Å². The topological polar surface area (TPSA) is 72.3 Å². The van der Waals surface area contributed by atoms with E-state index in [1.54, 1.807) is 13.2 Å². The zero-order chi connectivity index (χ0) is 19.3. The maximum Gasteiger partial charge on any atom is 0.368 e. The second kappa shape index (κ2) is 9.21. The summed E-state index contributed by atoms with van der Waals surface area (Å²) in [6.45, 7) is 1.08. The second-order valence-corrected chi connectivity index (χ2v) is 6.32. The number of amides is 2. The molecule has 1 N–H and O–H groups in total. The number of hydrogen-bond donors (Lipinski definition) is 1. The van der Waals surface area contributed by atoms with Crippen molar-refractivity contribution in [1.82, 2.24) is 0 Å². The summed E-state index contributed by atoms with van der Waals surface area (Å²) in [6.07, 6.45) is 0. The van der Waals surface area contributed by atoms with Crippen molar-refractivity contribution in [2.75, 3.05) is 12.4 Å². The van der Waals surface area contributed by atoms with Crippen molar-refractivity contribution in [2.45, 2.75) is 13.2 Å². The number of urea groups is 1. The molecule has 0 atom stereocenters. The van der Waals surface area contributed by atoms with E-state index < -0.39 is 6.03 Å². The van der Waals surface area contributed by atoms with E-state index in [1.807, 2.05) is 60.7 Å². The predicted octanol–water partition coefficient (Wildman–Crippen LogP) is 3.68. The molecule has 0 aromatic heterocycles. The van der Waals surface area contributed by atoms with E-state index in [9.17, 15) is 4.79 Å². The number of nitrogens with one attached hydrogen (secondary N) is 1. The van der Waals surface area contributed by atoms with Crippen LogP contribution in [-0.2, 0) is 13.2 Å². The van der Waals surface area contributed by atoms with Gasteiger partial charge >= 0.3 is 6.03 Å². The van der Waals surface area contributed by atoms with Crippen LogP contribution in [0.4, 0.5) is 10.5 Å². The van der Waals surface area contributed by atoms with Gasteiger partial charge in [-0.15, -0.1) is 12.4 Å². The van der Waals surface area contributed by atoms with Crippen molar-refractivity contribution in [3.63, 3.8) is 0 Å². The molecule has 148 valence electrons. The number of carbonyl (C=O) groups is 1. The van der Waals surface area contributed by atoms with Crippen LogP contribution in [0.2, 0.25) is 0 Å². The Bertz CT molecular complexity index is 1130. The van der Waals surface area contributed by atoms with E-state index in [4.69, 9.17) is 9.47 Å². The Kier molecular flexibility index (Phi) is 6.46. The van der Waals surface area contributed by atoms with Gasteiger partial charge in [0.15, 0.2) is 11.5 Å². The Morgan fingerprint density at radius 1 is 0.862 bits per heavy atom. The molecule has 0 unspecified atom stereocenters. The van der Waals surface area contributed by atoms with Crippen molar-refractivity contribution in [3.8, 4) is 11.5 Å². The molecule has 7 heteroatoms. The normalized spacial score (nSPS) is 11.6. The standard InChI is InChI=1S/C22H19N3O3.ClH/c1-27-21-11-16(7-10-20(21)28-14-15-5-3-2-4-6-15)13-23-17-8-9-18-19(12-17)25-22(26)24-18;/h2-12,23H,13-14H2,1H3;1H. The molecule has 0 saturated heterocycles. The van der Waals surface area contributed by atoms with Gasteiger partial charge in [-0.2, -0.15) is 9.98 Å². The number of ether oxygens (including phenoxy) is 2. The summed E-state index contributed by atoms with van der Waals surface area (Å²) >= 11 is 0. The average Bonchev–Trinajstić information content (AvgIpc) is 3.11. The van der Waals surface area contributed by atoms with Gasteiger partial charge in [0.1, 0.15) is 6.61 Å². The van der Waals surface area contributed by atoms with Crippen LogP contribution in [0.3, 0.4) is 0 Å². The first-order valence-electron chi connectivity index (χ1n) is 8.90. The molecule has 6 nitrogen and oxygen atoms in total. The van der Waals surface area contributed by atoms with Crippen LogP contribution in [0, 0.1) is 0 Å². The summed E-state index contributed by atoms with van der Waals surface area (Å²) in [6, 6.07) is 20.9. The lowest BCUT2D eigenvalue weighted by atomic mass is 10.2. The molecule has 4 rings (SSSR count). The van der Waals surface area contributed by atoms with Gasteiger partial charge in [0.2, 0.25) is 0 Å². The minimum absolute atomic E-state index is 0. The van der Waals surface area contributed by atoms with E-state index in [-0.39, 0.29) is 12.4 Å². The number of methoxy groups -OCH3 is 1. The number of fused-ring (bicyclic) bond motifs is 1. The van der Waals surface area contributed by atoms with E-state index in [0.29, 0.717) is 35.4 Å². The highest BCUT2D eigenvalue weighted by Gasteiger charge is 2.08. The fourth-order valence-corrected chi connectivity index (χ4v) is 2.93. The van der Waals surface area contributed by atoms with Crippen LogP contribution in [0.25, 0.3) is 0 Å². The van der Waals surface area contributed by atoms with Gasteiger partial charge in [0.05, 0.1) is 17.8 Å². The molecule has 0 radical (unpaired) electrons. The van der Waals surface area contributed by atoms with Gasteiger partial charge in [0, 0.05) is 12.2 Å². The van der Waals surface area contributed by atoms with E-state index in [0.717, 1.165) is 16.8 Å². The first kappa shape index (κ1) is 20.4. The quantitative estimate of drug-likeness (QED) is 0.646. The monoisotopic (exact) mass is 409 g/mol.